The number of nitrogens with one attached hydrogen (secondary N) is 1. The zero-order valence-electron chi connectivity index (χ0n) is 14.3. The Labute approximate surface area is 154 Å². The number of carbonyl (C=O) groups excluding carboxylic acids is 1. The third-order valence-corrected chi connectivity index (χ3v) is 4.41. The predicted octanol–water partition coefficient (Wildman–Crippen LogP) is 2.60. The summed E-state index contributed by atoms with van der Waals surface area (Å²) in [5, 5.41) is 14.6. The van der Waals surface area contributed by atoms with E-state index in [0.717, 1.165) is 5.69 Å². The number of rotatable bonds is 6. The van der Waals surface area contributed by atoms with Crippen LogP contribution >= 0.6 is 11.8 Å². The number of carbonyl (C=O) groups is 1. The van der Waals surface area contributed by atoms with Gasteiger partial charge >= 0.3 is 0 Å². The van der Waals surface area contributed by atoms with Gasteiger partial charge in [0.05, 0.1) is 11.4 Å². The summed E-state index contributed by atoms with van der Waals surface area (Å²) >= 11 is 1.17. The number of benzene rings is 2. The largest absolute Gasteiger partial charge is 0.378 e. The summed E-state index contributed by atoms with van der Waals surface area (Å²) in [6.07, 6.45) is 0. The van der Waals surface area contributed by atoms with Crippen LogP contribution in [0, 0.1) is 5.82 Å². The Morgan fingerprint density at radius 1 is 1.23 bits per heavy atom. The molecule has 9 heteroatoms. The van der Waals surface area contributed by atoms with E-state index in [1.165, 1.54) is 28.6 Å². The lowest BCUT2D eigenvalue weighted by Gasteiger charge is -2.13. The van der Waals surface area contributed by atoms with Gasteiger partial charge in [0, 0.05) is 25.5 Å². The van der Waals surface area contributed by atoms with Gasteiger partial charge in [-0.2, -0.15) is 4.68 Å². The van der Waals surface area contributed by atoms with Crippen molar-refractivity contribution in [2.24, 2.45) is 0 Å². The fourth-order valence-electron chi connectivity index (χ4n) is 2.21. The third-order valence-electron chi connectivity index (χ3n) is 3.49. The number of aromatic nitrogens is 4. The molecule has 0 aliphatic heterocycles. The molecular weight excluding hydrogens is 355 g/mol. The standard InChI is InChI=1S/C17H17FN6OS/c1-23(2)14-8-6-13(7-9-14)19-16(25)11-26-17-20-21-22-24(17)15-5-3-4-12(18)10-15/h3-10H,11H2,1-2H3,(H,19,25). The Morgan fingerprint density at radius 3 is 2.69 bits per heavy atom. The van der Waals surface area contributed by atoms with Crippen LogP contribution in [0.25, 0.3) is 5.69 Å². The molecule has 1 N–H and O–H groups in total. The van der Waals surface area contributed by atoms with Crippen molar-refractivity contribution in [1.82, 2.24) is 20.2 Å². The van der Waals surface area contributed by atoms with E-state index < -0.39 is 0 Å². The molecule has 0 atom stereocenters. The van der Waals surface area contributed by atoms with E-state index in [1.54, 1.807) is 12.1 Å². The van der Waals surface area contributed by atoms with Gasteiger partial charge in [0.15, 0.2) is 0 Å². The highest BCUT2D eigenvalue weighted by Crippen LogP contribution is 2.20. The lowest BCUT2D eigenvalue weighted by atomic mass is 10.2. The third kappa shape index (κ3) is 4.37. The molecule has 0 unspecified atom stereocenters. The van der Waals surface area contributed by atoms with E-state index in [2.05, 4.69) is 20.8 Å². The molecule has 0 spiro atoms. The van der Waals surface area contributed by atoms with Gasteiger partial charge in [-0.3, -0.25) is 4.79 Å². The van der Waals surface area contributed by atoms with Gasteiger partial charge < -0.3 is 10.2 Å². The van der Waals surface area contributed by atoms with Crippen LogP contribution < -0.4 is 10.2 Å². The molecular formula is C17H17FN6OS. The Balaban J connectivity index is 1.61. The molecule has 1 amide bonds. The minimum absolute atomic E-state index is 0.130. The predicted molar refractivity (Wildman–Crippen MR) is 99.2 cm³/mol. The zero-order chi connectivity index (χ0) is 18.5. The highest BCUT2D eigenvalue weighted by Gasteiger charge is 2.12. The van der Waals surface area contributed by atoms with Gasteiger partial charge in [0.2, 0.25) is 11.1 Å². The van der Waals surface area contributed by atoms with Crippen molar-refractivity contribution in [1.29, 1.82) is 0 Å². The highest BCUT2D eigenvalue weighted by atomic mass is 32.2. The Morgan fingerprint density at radius 2 is 2.00 bits per heavy atom. The Hall–Kier alpha value is -2.94. The zero-order valence-corrected chi connectivity index (χ0v) is 15.1. The first-order valence-corrected chi connectivity index (χ1v) is 8.76. The summed E-state index contributed by atoms with van der Waals surface area (Å²) in [4.78, 5) is 14.1. The molecule has 0 saturated heterocycles. The van der Waals surface area contributed by atoms with Gasteiger partial charge in [-0.25, -0.2) is 4.39 Å². The highest BCUT2D eigenvalue weighted by molar-refractivity contribution is 7.99. The number of amides is 1. The van der Waals surface area contributed by atoms with Crippen LogP contribution in [0.3, 0.4) is 0 Å². The molecule has 0 bridgehead atoms. The molecule has 7 nitrogen and oxygen atoms in total. The summed E-state index contributed by atoms with van der Waals surface area (Å²) in [5.74, 6) is -0.431. The quantitative estimate of drug-likeness (QED) is 0.671. The summed E-state index contributed by atoms with van der Waals surface area (Å²) in [6.45, 7) is 0. The van der Waals surface area contributed by atoms with Crippen LogP contribution in [0.2, 0.25) is 0 Å². The molecule has 3 rings (SSSR count). The van der Waals surface area contributed by atoms with Gasteiger partial charge in [-0.15, -0.1) is 5.10 Å². The summed E-state index contributed by atoms with van der Waals surface area (Å²) in [6, 6.07) is 13.5. The first kappa shape index (κ1) is 17.9. The van der Waals surface area contributed by atoms with Gasteiger partial charge in [0.25, 0.3) is 0 Å². The van der Waals surface area contributed by atoms with E-state index >= 15 is 0 Å². The van der Waals surface area contributed by atoms with E-state index in [1.807, 2.05) is 43.3 Å². The molecule has 3 aromatic rings. The van der Waals surface area contributed by atoms with Crippen LogP contribution in [0.4, 0.5) is 15.8 Å². The molecule has 0 fully saturated rings. The Kier molecular flexibility index (Phi) is 5.47. The first-order valence-electron chi connectivity index (χ1n) is 7.77. The SMILES string of the molecule is CN(C)c1ccc(NC(=O)CSc2nnnn2-c2cccc(F)c2)cc1. The van der Waals surface area contributed by atoms with Crippen LogP contribution in [0.15, 0.2) is 53.7 Å². The average molecular weight is 372 g/mol. The number of halogens is 1. The van der Waals surface area contributed by atoms with E-state index in [-0.39, 0.29) is 17.5 Å². The van der Waals surface area contributed by atoms with Crippen molar-refractivity contribution in [2.45, 2.75) is 5.16 Å². The van der Waals surface area contributed by atoms with Crippen molar-refractivity contribution in [3.8, 4) is 5.69 Å². The number of tetrazole rings is 1. The van der Waals surface area contributed by atoms with E-state index in [0.29, 0.717) is 16.5 Å². The number of hydrogen-bond acceptors (Lipinski definition) is 6. The maximum atomic E-state index is 13.4. The monoisotopic (exact) mass is 372 g/mol. The summed E-state index contributed by atoms with van der Waals surface area (Å²) in [7, 11) is 3.90. The molecule has 134 valence electrons. The Bertz CT molecular complexity index is 896. The average Bonchev–Trinajstić information content (AvgIpc) is 3.09. The van der Waals surface area contributed by atoms with E-state index in [9.17, 15) is 9.18 Å². The normalized spacial score (nSPS) is 10.6. The molecule has 0 saturated carbocycles. The van der Waals surface area contributed by atoms with Crippen LogP contribution in [-0.2, 0) is 4.79 Å². The maximum Gasteiger partial charge on any atom is 0.234 e. The van der Waals surface area contributed by atoms with Gasteiger partial charge in [0.1, 0.15) is 5.82 Å². The molecule has 1 aromatic heterocycles. The molecule has 2 aromatic carbocycles. The topological polar surface area (TPSA) is 75.9 Å². The molecule has 26 heavy (non-hydrogen) atoms. The number of thioether (sulfide) groups is 1. The van der Waals surface area contributed by atoms with E-state index in [4.69, 9.17) is 0 Å². The number of hydrogen-bond donors (Lipinski definition) is 1. The maximum absolute atomic E-state index is 13.4. The van der Waals surface area contributed by atoms with Crippen molar-refractivity contribution in [3.63, 3.8) is 0 Å². The second kappa shape index (κ2) is 7.96. The lowest BCUT2D eigenvalue weighted by Crippen LogP contribution is -2.15. The minimum Gasteiger partial charge on any atom is -0.378 e. The molecule has 0 aliphatic carbocycles. The van der Waals surface area contributed by atoms with Gasteiger partial charge in [-0.1, -0.05) is 17.8 Å². The molecule has 0 radical (unpaired) electrons. The number of anilines is 2. The van der Waals surface area contributed by atoms with Crippen LogP contribution in [0.5, 0.6) is 0 Å². The fourth-order valence-corrected chi connectivity index (χ4v) is 2.90. The van der Waals surface area contributed by atoms with Crippen LogP contribution in [-0.4, -0.2) is 46.0 Å². The first-order chi connectivity index (χ1) is 12.5. The second-order valence-electron chi connectivity index (χ2n) is 5.63. The van der Waals surface area contributed by atoms with Crippen LogP contribution in [0.1, 0.15) is 0 Å². The number of nitrogens with zero attached hydrogens (tertiary/aromatic N) is 5. The summed E-state index contributed by atoms with van der Waals surface area (Å²) in [5.41, 5.74) is 2.26. The van der Waals surface area contributed by atoms with Crippen molar-refractivity contribution in [3.05, 3.63) is 54.3 Å². The van der Waals surface area contributed by atoms with Crippen molar-refractivity contribution >= 4 is 29.0 Å². The summed E-state index contributed by atoms with van der Waals surface area (Å²) < 4.78 is 14.8. The minimum atomic E-state index is -0.382. The molecule has 0 aliphatic rings. The fraction of sp³-hybridized carbons (Fsp3) is 0.176. The lowest BCUT2D eigenvalue weighted by molar-refractivity contribution is -0.113. The van der Waals surface area contributed by atoms with Crippen molar-refractivity contribution < 1.29 is 9.18 Å². The van der Waals surface area contributed by atoms with Gasteiger partial charge in [-0.05, 0) is 52.9 Å². The second-order valence-corrected chi connectivity index (χ2v) is 6.57. The van der Waals surface area contributed by atoms with Crippen molar-refractivity contribution in [2.75, 3.05) is 30.1 Å². The molecule has 1 heterocycles. The smallest absolute Gasteiger partial charge is 0.234 e.